The summed E-state index contributed by atoms with van der Waals surface area (Å²) in [7, 11) is 0. The first-order valence-corrected chi connectivity index (χ1v) is 10.5. The summed E-state index contributed by atoms with van der Waals surface area (Å²) >= 11 is 1.56. The van der Waals surface area contributed by atoms with Gasteiger partial charge in [0.1, 0.15) is 11.2 Å². The first kappa shape index (κ1) is 24.3. The number of amides is 1. The minimum Gasteiger partial charge on any atom is -0.460 e. The lowest BCUT2D eigenvalue weighted by Gasteiger charge is -2.27. The number of carbonyl (C=O) groups excluding carboxylic acids is 2. The SMILES string of the molecule is CC(C)(C)OC(=O)C[C@H](O)[C@H](CSCc1ccccc1)NC(=O)OC(C)(C)C. The molecular formula is C21H33NO5S. The fourth-order valence-corrected chi connectivity index (χ4v) is 3.39. The lowest BCUT2D eigenvalue weighted by molar-refractivity contribution is -0.157. The van der Waals surface area contributed by atoms with Gasteiger partial charge in [0.25, 0.3) is 0 Å². The molecule has 28 heavy (non-hydrogen) atoms. The van der Waals surface area contributed by atoms with Crippen LogP contribution in [0, 0.1) is 0 Å². The third-order valence-corrected chi connectivity index (χ3v) is 4.50. The number of hydrogen-bond acceptors (Lipinski definition) is 6. The minimum atomic E-state index is -1.08. The van der Waals surface area contributed by atoms with Crippen LogP contribution in [0.2, 0.25) is 0 Å². The molecule has 0 spiro atoms. The van der Waals surface area contributed by atoms with Crippen molar-refractivity contribution < 1.29 is 24.2 Å². The van der Waals surface area contributed by atoms with Crippen LogP contribution >= 0.6 is 11.8 Å². The number of ether oxygens (including phenoxy) is 2. The molecule has 1 aromatic rings. The van der Waals surface area contributed by atoms with Crippen LogP contribution in [0.3, 0.4) is 0 Å². The molecule has 0 unspecified atom stereocenters. The van der Waals surface area contributed by atoms with Gasteiger partial charge in [-0.2, -0.15) is 11.8 Å². The number of carbonyl (C=O) groups is 2. The monoisotopic (exact) mass is 411 g/mol. The molecule has 0 saturated heterocycles. The Labute approximate surface area is 172 Å². The maximum Gasteiger partial charge on any atom is 0.407 e. The van der Waals surface area contributed by atoms with Gasteiger partial charge in [-0.1, -0.05) is 30.3 Å². The van der Waals surface area contributed by atoms with Crippen LogP contribution < -0.4 is 5.32 Å². The summed E-state index contributed by atoms with van der Waals surface area (Å²) < 4.78 is 10.6. The highest BCUT2D eigenvalue weighted by atomic mass is 32.2. The number of aliphatic hydroxyl groups is 1. The topological polar surface area (TPSA) is 84.9 Å². The maximum atomic E-state index is 12.2. The van der Waals surface area contributed by atoms with Crippen LogP contribution in [0.25, 0.3) is 0 Å². The van der Waals surface area contributed by atoms with Crippen LogP contribution in [0.15, 0.2) is 30.3 Å². The summed E-state index contributed by atoms with van der Waals surface area (Å²) in [5, 5.41) is 13.2. The Kier molecular flexibility index (Phi) is 9.30. The molecule has 0 radical (unpaired) electrons. The van der Waals surface area contributed by atoms with E-state index in [0.29, 0.717) is 5.75 Å². The third kappa shape index (κ3) is 11.2. The standard InChI is InChI=1S/C21H33NO5S/c1-20(2,3)26-18(24)12-17(23)16(22-19(25)27-21(4,5)6)14-28-13-15-10-8-7-9-11-15/h7-11,16-17,23H,12-14H2,1-6H3,(H,22,25)/t16-,17-/m0/s1. The smallest absolute Gasteiger partial charge is 0.407 e. The van der Waals surface area contributed by atoms with Crippen molar-refractivity contribution in [3.63, 3.8) is 0 Å². The van der Waals surface area contributed by atoms with Gasteiger partial charge in [-0.05, 0) is 47.1 Å². The van der Waals surface area contributed by atoms with Crippen LogP contribution in [0.1, 0.15) is 53.5 Å². The Morgan fingerprint density at radius 1 is 1.04 bits per heavy atom. The average molecular weight is 412 g/mol. The Morgan fingerprint density at radius 3 is 2.14 bits per heavy atom. The second-order valence-electron chi connectivity index (χ2n) is 8.61. The molecule has 0 bridgehead atoms. The molecule has 2 atom stereocenters. The van der Waals surface area contributed by atoms with Crippen LogP contribution in [0.5, 0.6) is 0 Å². The van der Waals surface area contributed by atoms with Gasteiger partial charge in [-0.25, -0.2) is 4.79 Å². The molecule has 7 heteroatoms. The molecular weight excluding hydrogens is 378 g/mol. The first-order chi connectivity index (χ1) is 12.9. The van der Waals surface area contributed by atoms with Crippen molar-refractivity contribution in [2.24, 2.45) is 0 Å². The molecule has 0 saturated carbocycles. The van der Waals surface area contributed by atoms with Crippen molar-refractivity contribution in [2.75, 3.05) is 5.75 Å². The van der Waals surface area contributed by atoms with Crippen molar-refractivity contribution >= 4 is 23.8 Å². The average Bonchev–Trinajstić information content (AvgIpc) is 2.51. The number of rotatable bonds is 8. The summed E-state index contributed by atoms with van der Waals surface area (Å²) in [5.74, 6) is 0.647. The molecule has 1 aromatic carbocycles. The zero-order chi connectivity index (χ0) is 21.4. The first-order valence-electron chi connectivity index (χ1n) is 9.37. The molecule has 0 aliphatic carbocycles. The predicted molar refractivity (Wildman–Crippen MR) is 112 cm³/mol. The van der Waals surface area contributed by atoms with E-state index in [4.69, 9.17) is 9.47 Å². The molecule has 158 valence electrons. The highest BCUT2D eigenvalue weighted by Crippen LogP contribution is 2.17. The highest BCUT2D eigenvalue weighted by Gasteiger charge is 2.28. The third-order valence-electron chi connectivity index (χ3n) is 3.37. The second kappa shape index (κ2) is 10.7. The molecule has 0 aromatic heterocycles. The van der Waals surface area contributed by atoms with Gasteiger partial charge < -0.3 is 19.9 Å². The minimum absolute atomic E-state index is 0.205. The molecule has 0 heterocycles. The van der Waals surface area contributed by atoms with Gasteiger partial charge in [0.05, 0.1) is 18.6 Å². The number of nitrogens with one attached hydrogen (secondary N) is 1. The summed E-state index contributed by atoms with van der Waals surface area (Å²) in [6.45, 7) is 10.6. The van der Waals surface area contributed by atoms with Gasteiger partial charge in [0.15, 0.2) is 0 Å². The van der Waals surface area contributed by atoms with E-state index in [-0.39, 0.29) is 6.42 Å². The van der Waals surface area contributed by atoms with E-state index in [0.717, 1.165) is 11.3 Å². The van der Waals surface area contributed by atoms with Gasteiger partial charge in [-0.3, -0.25) is 4.79 Å². The largest absolute Gasteiger partial charge is 0.460 e. The van der Waals surface area contributed by atoms with Crippen molar-refractivity contribution in [3.8, 4) is 0 Å². The molecule has 1 amide bonds. The number of thioether (sulfide) groups is 1. The molecule has 6 nitrogen and oxygen atoms in total. The number of benzene rings is 1. The van der Waals surface area contributed by atoms with Crippen molar-refractivity contribution in [1.29, 1.82) is 0 Å². The van der Waals surface area contributed by atoms with Crippen molar-refractivity contribution in [3.05, 3.63) is 35.9 Å². The molecule has 0 aliphatic heterocycles. The van der Waals surface area contributed by atoms with E-state index in [1.165, 1.54) is 0 Å². The highest BCUT2D eigenvalue weighted by molar-refractivity contribution is 7.98. The van der Waals surface area contributed by atoms with E-state index >= 15 is 0 Å². The molecule has 2 N–H and O–H groups in total. The number of esters is 1. The van der Waals surface area contributed by atoms with Crippen LogP contribution in [-0.4, -0.2) is 46.3 Å². The van der Waals surface area contributed by atoms with E-state index in [1.54, 1.807) is 53.3 Å². The van der Waals surface area contributed by atoms with Crippen molar-refractivity contribution in [2.45, 2.75) is 77.1 Å². The lowest BCUT2D eigenvalue weighted by Crippen LogP contribution is -2.48. The zero-order valence-corrected chi connectivity index (χ0v) is 18.5. The zero-order valence-electron chi connectivity index (χ0n) is 17.7. The number of aliphatic hydroxyl groups excluding tert-OH is 1. The van der Waals surface area contributed by atoms with E-state index in [1.807, 2.05) is 30.3 Å². The lowest BCUT2D eigenvalue weighted by atomic mass is 10.1. The number of hydrogen-bond donors (Lipinski definition) is 2. The Bertz CT molecular complexity index is 622. The van der Waals surface area contributed by atoms with E-state index < -0.39 is 35.4 Å². The Hall–Kier alpha value is -1.73. The fourth-order valence-electron chi connectivity index (χ4n) is 2.28. The molecule has 0 aliphatic rings. The fraction of sp³-hybridized carbons (Fsp3) is 0.619. The van der Waals surface area contributed by atoms with Gasteiger partial charge in [0.2, 0.25) is 0 Å². The summed E-state index contributed by atoms with van der Waals surface area (Å²) in [5.41, 5.74) is -0.139. The quantitative estimate of drug-likeness (QED) is 0.631. The van der Waals surface area contributed by atoms with Crippen LogP contribution in [0.4, 0.5) is 4.79 Å². The summed E-state index contributed by atoms with van der Waals surface area (Å²) in [4.78, 5) is 24.2. The summed E-state index contributed by atoms with van der Waals surface area (Å²) in [6.07, 6.45) is -1.91. The Balaban J connectivity index is 2.69. The normalized spacial score (nSPS) is 14.1. The van der Waals surface area contributed by atoms with Crippen LogP contribution in [-0.2, 0) is 20.0 Å². The van der Waals surface area contributed by atoms with Gasteiger partial charge >= 0.3 is 12.1 Å². The Morgan fingerprint density at radius 2 is 1.61 bits per heavy atom. The van der Waals surface area contributed by atoms with Gasteiger partial charge in [0, 0.05) is 11.5 Å². The number of alkyl carbamates (subject to hydrolysis) is 1. The van der Waals surface area contributed by atoms with E-state index in [2.05, 4.69) is 5.32 Å². The molecule has 0 fully saturated rings. The predicted octanol–water partition coefficient (Wildman–Crippen LogP) is 3.91. The van der Waals surface area contributed by atoms with Crippen molar-refractivity contribution in [1.82, 2.24) is 5.32 Å². The molecule has 1 rings (SSSR count). The van der Waals surface area contributed by atoms with Gasteiger partial charge in [-0.15, -0.1) is 0 Å². The summed E-state index contributed by atoms with van der Waals surface area (Å²) in [6, 6.07) is 9.26. The maximum absolute atomic E-state index is 12.2. The van der Waals surface area contributed by atoms with E-state index in [9.17, 15) is 14.7 Å². The second-order valence-corrected chi connectivity index (χ2v) is 9.64.